The molecule has 0 aliphatic rings. The summed E-state index contributed by atoms with van der Waals surface area (Å²) in [5, 5.41) is 0. The molecule has 0 rings (SSSR count). The molecular weight excluding hydrogens is 913 g/mol. The monoisotopic (exact) mass is 1040 g/mol. The smallest absolute Gasteiger partial charge is 0.306 e. The van der Waals surface area contributed by atoms with E-state index in [9.17, 15) is 14.4 Å². The average Bonchev–Trinajstić information content (AvgIpc) is 3.40. The largest absolute Gasteiger partial charge is 0.462 e. The van der Waals surface area contributed by atoms with Gasteiger partial charge in [0.05, 0.1) is 0 Å². The molecule has 6 heteroatoms. The predicted octanol–water partition coefficient (Wildman–Crippen LogP) is 22.2. The lowest BCUT2D eigenvalue weighted by molar-refractivity contribution is -0.167. The minimum absolute atomic E-state index is 0.0779. The molecule has 0 heterocycles. The normalized spacial score (nSPS) is 12.3. The molecule has 1 atom stereocenters. The number of carbonyl (C=O) groups is 3. The summed E-state index contributed by atoms with van der Waals surface area (Å²) in [5.74, 6) is -0.882. The van der Waals surface area contributed by atoms with E-state index in [0.29, 0.717) is 19.3 Å². The average molecular weight is 1040 g/mol. The van der Waals surface area contributed by atoms with Gasteiger partial charge in [-0.25, -0.2) is 0 Å². The molecule has 1 unspecified atom stereocenters. The second-order valence-electron chi connectivity index (χ2n) is 22.0. The molecule has 74 heavy (non-hydrogen) atoms. The van der Waals surface area contributed by atoms with E-state index < -0.39 is 6.10 Å². The maximum Gasteiger partial charge on any atom is 0.306 e. The van der Waals surface area contributed by atoms with E-state index >= 15 is 0 Å². The number of rotatable bonds is 60. The zero-order valence-electron chi connectivity index (χ0n) is 49.6. The lowest BCUT2D eigenvalue weighted by Crippen LogP contribution is -2.30. The van der Waals surface area contributed by atoms with Crippen molar-refractivity contribution in [1.29, 1.82) is 0 Å². The molecular formula is C68H124O6. The standard InChI is InChI=1S/C68H124O6/c1-4-7-10-13-16-19-22-24-26-28-30-31-32-33-34-35-36-38-39-41-43-46-49-52-55-58-61-67(70)73-64-65(63-72-66(69)60-57-54-51-48-45-21-18-15-12-9-6-3)74-68(71)62-59-56-53-50-47-44-42-40-37-29-27-25-23-20-17-14-11-8-5-2/h15,17-18,20,25,27,37,40,65H,4-14,16,19,21-24,26,28-36,38-39,41-64H2,1-3H3/b18-15-,20-17-,27-25-,40-37-. The van der Waals surface area contributed by atoms with Crippen LogP contribution in [0.15, 0.2) is 48.6 Å². The Bertz CT molecular complexity index is 1280. The van der Waals surface area contributed by atoms with Gasteiger partial charge < -0.3 is 14.2 Å². The molecule has 0 aliphatic carbocycles. The summed E-state index contributed by atoms with van der Waals surface area (Å²) in [6.45, 7) is 6.61. The molecule has 0 aromatic heterocycles. The summed E-state index contributed by atoms with van der Waals surface area (Å²) in [6, 6.07) is 0. The van der Waals surface area contributed by atoms with Crippen molar-refractivity contribution >= 4 is 17.9 Å². The number of hydrogen-bond acceptors (Lipinski definition) is 6. The molecule has 0 fully saturated rings. The Kier molecular flexibility index (Phi) is 60.7. The van der Waals surface area contributed by atoms with Gasteiger partial charge in [-0.3, -0.25) is 14.4 Å². The van der Waals surface area contributed by atoms with E-state index in [2.05, 4.69) is 69.4 Å². The molecule has 0 spiro atoms. The van der Waals surface area contributed by atoms with E-state index in [-0.39, 0.29) is 31.1 Å². The van der Waals surface area contributed by atoms with Crippen LogP contribution in [0.5, 0.6) is 0 Å². The van der Waals surface area contributed by atoms with Crippen LogP contribution in [0, 0.1) is 0 Å². The molecule has 432 valence electrons. The van der Waals surface area contributed by atoms with E-state index in [1.807, 2.05) is 0 Å². The number of ether oxygens (including phenoxy) is 3. The number of hydrogen-bond donors (Lipinski definition) is 0. The van der Waals surface area contributed by atoms with Crippen molar-refractivity contribution in [2.75, 3.05) is 13.2 Å². The van der Waals surface area contributed by atoms with Gasteiger partial charge in [0, 0.05) is 19.3 Å². The molecule has 0 radical (unpaired) electrons. The Balaban J connectivity index is 4.21. The van der Waals surface area contributed by atoms with Crippen molar-refractivity contribution in [2.24, 2.45) is 0 Å². The maximum atomic E-state index is 12.9. The first kappa shape index (κ1) is 71.4. The minimum Gasteiger partial charge on any atom is -0.462 e. The van der Waals surface area contributed by atoms with Gasteiger partial charge in [-0.2, -0.15) is 0 Å². The third-order valence-electron chi connectivity index (χ3n) is 14.6. The molecule has 0 aromatic carbocycles. The number of unbranched alkanes of at least 4 members (excludes halogenated alkanes) is 41. The lowest BCUT2D eigenvalue weighted by Gasteiger charge is -2.18. The molecule has 0 saturated carbocycles. The quantitative estimate of drug-likeness (QED) is 0.0261. The van der Waals surface area contributed by atoms with Gasteiger partial charge >= 0.3 is 17.9 Å². The van der Waals surface area contributed by atoms with Gasteiger partial charge in [0.1, 0.15) is 13.2 Å². The Morgan fingerprint density at radius 2 is 0.500 bits per heavy atom. The van der Waals surface area contributed by atoms with Crippen LogP contribution in [-0.2, 0) is 28.6 Å². The molecule has 0 bridgehead atoms. The van der Waals surface area contributed by atoms with Crippen LogP contribution in [0.4, 0.5) is 0 Å². The summed E-state index contributed by atoms with van der Waals surface area (Å²) in [6.07, 6.45) is 78.5. The van der Waals surface area contributed by atoms with Gasteiger partial charge in [-0.05, 0) is 77.0 Å². The second-order valence-corrected chi connectivity index (χ2v) is 22.0. The highest BCUT2D eigenvalue weighted by molar-refractivity contribution is 5.71. The van der Waals surface area contributed by atoms with Gasteiger partial charge in [0.25, 0.3) is 0 Å². The molecule has 0 aliphatic heterocycles. The van der Waals surface area contributed by atoms with Crippen LogP contribution in [-0.4, -0.2) is 37.2 Å². The Morgan fingerprint density at radius 3 is 0.838 bits per heavy atom. The summed E-state index contributed by atoms with van der Waals surface area (Å²) < 4.78 is 16.9. The van der Waals surface area contributed by atoms with E-state index in [0.717, 1.165) is 89.9 Å². The molecule has 0 N–H and O–H groups in total. The Hall–Kier alpha value is -2.63. The van der Waals surface area contributed by atoms with Crippen LogP contribution >= 0.6 is 0 Å². The van der Waals surface area contributed by atoms with Gasteiger partial charge in [-0.15, -0.1) is 0 Å². The van der Waals surface area contributed by atoms with Crippen LogP contribution in [0.25, 0.3) is 0 Å². The zero-order chi connectivity index (χ0) is 53.6. The number of carbonyl (C=O) groups excluding carboxylic acids is 3. The SMILES string of the molecule is CCCC/C=C\CCCCCCCC(=O)OCC(COC(=O)CCCCCCCCCCCCCCCCCCCCCCCCCCCC)OC(=O)CCCCCCCC/C=C\C/C=C\C/C=C\CCCCC. The van der Waals surface area contributed by atoms with Crippen molar-refractivity contribution in [2.45, 2.75) is 354 Å². The third-order valence-corrected chi connectivity index (χ3v) is 14.6. The summed E-state index contributed by atoms with van der Waals surface area (Å²) >= 11 is 0. The van der Waals surface area contributed by atoms with E-state index in [1.54, 1.807) is 0 Å². The van der Waals surface area contributed by atoms with Crippen molar-refractivity contribution in [3.8, 4) is 0 Å². The van der Waals surface area contributed by atoms with Gasteiger partial charge in [-0.1, -0.05) is 301 Å². The van der Waals surface area contributed by atoms with Crippen LogP contribution < -0.4 is 0 Å². The number of allylic oxidation sites excluding steroid dienone is 8. The summed E-state index contributed by atoms with van der Waals surface area (Å²) in [5.41, 5.74) is 0. The van der Waals surface area contributed by atoms with Crippen LogP contribution in [0.2, 0.25) is 0 Å². The lowest BCUT2D eigenvalue weighted by atomic mass is 10.0. The first-order chi connectivity index (χ1) is 36.5. The highest BCUT2D eigenvalue weighted by Gasteiger charge is 2.19. The van der Waals surface area contributed by atoms with Gasteiger partial charge in [0.2, 0.25) is 0 Å². The van der Waals surface area contributed by atoms with Crippen molar-refractivity contribution in [3.63, 3.8) is 0 Å². The maximum absolute atomic E-state index is 12.9. The molecule has 0 amide bonds. The molecule has 0 saturated heterocycles. The Morgan fingerprint density at radius 1 is 0.270 bits per heavy atom. The fraction of sp³-hybridized carbons (Fsp3) is 0.838. The molecule has 0 aromatic rings. The van der Waals surface area contributed by atoms with Crippen LogP contribution in [0.3, 0.4) is 0 Å². The third kappa shape index (κ3) is 60.2. The van der Waals surface area contributed by atoms with E-state index in [4.69, 9.17) is 14.2 Å². The fourth-order valence-electron chi connectivity index (χ4n) is 9.61. The minimum atomic E-state index is -0.782. The predicted molar refractivity (Wildman–Crippen MR) is 321 cm³/mol. The van der Waals surface area contributed by atoms with Crippen molar-refractivity contribution < 1.29 is 28.6 Å². The van der Waals surface area contributed by atoms with Crippen LogP contribution in [0.1, 0.15) is 348 Å². The van der Waals surface area contributed by atoms with Crippen molar-refractivity contribution in [1.82, 2.24) is 0 Å². The summed E-state index contributed by atoms with van der Waals surface area (Å²) in [7, 11) is 0. The first-order valence-electron chi connectivity index (χ1n) is 32.6. The molecule has 6 nitrogen and oxygen atoms in total. The summed E-state index contributed by atoms with van der Waals surface area (Å²) in [4.78, 5) is 38.2. The van der Waals surface area contributed by atoms with Gasteiger partial charge in [0.15, 0.2) is 6.10 Å². The topological polar surface area (TPSA) is 78.9 Å². The highest BCUT2D eigenvalue weighted by Crippen LogP contribution is 2.18. The fourth-order valence-corrected chi connectivity index (χ4v) is 9.61. The zero-order valence-corrected chi connectivity index (χ0v) is 49.6. The highest BCUT2D eigenvalue weighted by atomic mass is 16.6. The Labute approximate surface area is 460 Å². The second kappa shape index (κ2) is 62.9. The number of esters is 3. The first-order valence-corrected chi connectivity index (χ1v) is 32.6. The van der Waals surface area contributed by atoms with Crippen molar-refractivity contribution in [3.05, 3.63) is 48.6 Å². The van der Waals surface area contributed by atoms with E-state index in [1.165, 1.54) is 218 Å².